The topological polar surface area (TPSA) is 111 Å². The van der Waals surface area contributed by atoms with Crippen molar-refractivity contribution >= 4 is 28.9 Å². The third-order valence-corrected chi connectivity index (χ3v) is 5.26. The summed E-state index contributed by atoms with van der Waals surface area (Å²) in [6.07, 6.45) is 0.0289. The summed E-state index contributed by atoms with van der Waals surface area (Å²) in [5, 5.41) is 13.8. The number of nitro benzene ring substituents is 1. The summed E-state index contributed by atoms with van der Waals surface area (Å²) in [5.74, 6) is 0.426. The Balaban J connectivity index is 1.41. The number of carbonyl (C=O) groups is 2. The lowest BCUT2D eigenvalue weighted by atomic mass is 10.1. The number of carbonyl (C=O) groups excluding carboxylic acids is 2. The highest BCUT2D eigenvalue weighted by atomic mass is 16.6. The van der Waals surface area contributed by atoms with Crippen molar-refractivity contribution in [2.45, 2.75) is 6.42 Å². The number of rotatable bonds is 7. The second-order valence-corrected chi connectivity index (χ2v) is 7.45. The summed E-state index contributed by atoms with van der Waals surface area (Å²) < 4.78 is 11.0. The number of non-ortho nitro benzene ring substituents is 1. The fraction of sp³-hybridized carbons (Fsp3) is 0.167. The van der Waals surface area contributed by atoms with Gasteiger partial charge in [-0.3, -0.25) is 19.7 Å². The standard InChI is InChI=1S/C24H21N3O6/c1-32-22-14-18(27(30)31)9-12-21(22)26-15-16(13-23(26)28)24(29)25-17-7-10-20(11-8-17)33-19-5-3-2-4-6-19/h2-12,14,16H,13,15H2,1H3,(H,25,29)/t16-/m0/s1. The molecule has 168 valence electrons. The van der Waals surface area contributed by atoms with E-state index in [1.165, 1.54) is 30.2 Å². The average molecular weight is 447 g/mol. The second-order valence-electron chi connectivity index (χ2n) is 7.45. The van der Waals surface area contributed by atoms with E-state index in [2.05, 4.69) is 5.32 Å². The van der Waals surface area contributed by atoms with Crippen LogP contribution >= 0.6 is 0 Å². The van der Waals surface area contributed by atoms with Crippen molar-refractivity contribution < 1.29 is 24.0 Å². The Bertz CT molecular complexity index is 1180. The van der Waals surface area contributed by atoms with Crippen molar-refractivity contribution in [2.75, 3.05) is 23.9 Å². The van der Waals surface area contributed by atoms with Crippen LogP contribution in [0, 0.1) is 16.0 Å². The highest BCUT2D eigenvalue weighted by Crippen LogP contribution is 2.36. The molecule has 1 saturated heterocycles. The van der Waals surface area contributed by atoms with Crippen LogP contribution < -0.4 is 19.7 Å². The Labute approximate surface area is 189 Å². The molecule has 1 aliphatic heterocycles. The monoisotopic (exact) mass is 447 g/mol. The van der Waals surface area contributed by atoms with Gasteiger partial charge in [0.25, 0.3) is 5.69 Å². The van der Waals surface area contributed by atoms with Crippen molar-refractivity contribution in [1.29, 1.82) is 0 Å². The van der Waals surface area contributed by atoms with Gasteiger partial charge in [0.05, 0.1) is 29.7 Å². The number of anilines is 2. The number of nitro groups is 1. The first-order valence-corrected chi connectivity index (χ1v) is 10.2. The van der Waals surface area contributed by atoms with Gasteiger partial charge in [-0.15, -0.1) is 0 Å². The summed E-state index contributed by atoms with van der Waals surface area (Å²) >= 11 is 0. The zero-order valence-electron chi connectivity index (χ0n) is 17.8. The number of amides is 2. The van der Waals surface area contributed by atoms with Gasteiger partial charge in [0.2, 0.25) is 11.8 Å². The molecule has 0 aliphatic carbocycles. The number of hydrogen-bond acceptors (Lipinski definition) is 6. The number of ether oxygens (including phenoxy) is 2. The molecule has 4 rings (SSSR count). The van der Waals surface area contributed by atoms with Crippen molar-refractivity contribution in [3.05, 3.63) is 82.9 Å². The van der Waals surface area contributed by atoms with E-state index in [4.69, 9.17) is 9.47 Å². The number of methoxy groups -OCH3 is 1. The molecule has 0 radical (unpaired) electrons. The molecule has 1 heterocycles. The molecule has 1 N–H and O–H groups in total. The quantitative estimate of drug-likeness (QED) is 0.425. The van der Waals surface area contributed by atoms with E-state index in [1.54, 1.807) is 24.3 Å². The van der Waals surface area contributed by atoms with E-state index in [1.807, 2.05) is 30.3 Å². The lowest BCUT2D eigenvalue weighted by Crippen LogP contribution is -2.28. The maximum absolute atomic E-state index is 12.8. The first kappa shape index (κ1) is 21.8. The van der Waals surface area contributed by atoms with Gasteiger partial charge in [-0.2, -0.15) is 0 Å². The van der Waals surface area contributed by atoms with Gasteiger partial charge in [0.1, 0.15) is 17.2 Å². The highest BCUT2D eigenvalue weighted by molar-refractivity contribution is 6.04. The summed E-state index contributed by atoms with van der Waals surface area (Å²) in [6, 6.07) is 20.3. The van der Waals surface area contributed by atoms with E-state index < -0.39 is 10.8 Å². The molecule has 33 heavy (non-hydrogen) atoms. The molecule has 0 bridgehead atoms. The first-order valence-electron chi connectivity index (χ1n) is 10.2. The maximum Gasteiger partial charge on any atom is 0.273 e. The van der Waals surface area contributed by atoms with Crippen LogP contribution in [0.3, 0.4) is 0 Å². The van der Waals surface area contributed by atoms with Crippen LogP contribution in [0.15, 0.2) is 72.8 Å². The van der Waals surface area contributed by atoms with Crippen LogP contribution in [0.2, 0.25) is 0 Å². The molecule has 0 saturated carbocycles. The Morgan fingerprint density at radius 3 is 2.42 bits per heavy atom. The molecule has 9 nitrogen and oxygen atoms in total. The van der Waals surface area contributed by atoms with Crippen molar-refractivity contribution in [3.8, 4) is 17.2 Å². The average Bonchev–Trinajstić information content (AvgIpc) is 3.22. The maximum atomic E-state index is 12.8. The third-order valence-electron chi connectivity index (χ3n) is 5.26. The van der Waals surface area contributed by atoms with Gasteiger partial charge in [0, 0.05) is 24.7 Å². The van der Waals surface area contributed by atoms with Gasteiger partial charge in [0.15, 0.2) is 0 Å². The number of nitrogens with zero attached hydrogens (tertiary/aromatic N) is 2. The first-order chi connectivity index (χ1) is 15.9. The summed E-state index contributed by atoms with van der Waals surface area (Å²) in [7, 11) is 1.37. The van der Waals surface area contributed by atoms with Crippen LogP contribution in [0.1, 0.15) is 6.42 Å². The van der Waals surface area contributed by atoms with Crippen LogP contribution in [-0.4, -0.2) is 30.4 Å². The van der Waals surface area contributed by atoms with E-state index in [9.17, 15) is 19.7 Å². The molecule has 9 heteroatoms. The Morgan fingerprint density at radius 2 is 1.76 bits per heavy atom. The van der Waals surface area contributed by atoms with Crippen LogP contribution in [0.4, 0.5) is 17.1 Å². The molecule has 2 amide bonds. The van der Waals surface area contributed by atoms with Crippen LogP contribution in [-0.2, 0) is 9.59 Å². The number of benzene rings is 3. The second kappa shape index (κ2) is 9.39. The molecule has 0 unspecified atom stereocenters. The van der Waals surface area contributed by atoms with E-state index >= 15 is 0 Å². The predicted molar refractivity (Wildman–Crippen MR) is 122 cm³/mol. The van der Waals surface area contributed by atoms with Gasteiger partial charge in [-0.05, 0) is 42.5 Å². The van der Waals surface area contributed by atoms with Gasteiger partial charge >= 0.3 is 0 Å². The molecule has 0 spiro atoms. The zero-order chi connectivity index (χ0) is 23.4. The molecule has 1 fully saturated rings. The van der Waals surface area contributed by atoms with E-state index in [0.717, 1.165) is 0 Å². The van der Waals surface area contributed by atoms with Gasteiger partial charge in [-0.25, -0.2) is 0 Å². The summed E-state index contributed by atoms with van der Waals surface area (Å²) in [4.78, 5) is 37.2. The lowest BCUT2D eigenvalue weighted by Gasteiger charge is -2.19. The van der Waals surface area contributed by atoms with Crippen molar-refractivity contribution in [3.63, 3.8) is 0 Å². The molecular weight excluding hydrogens is 426 g/mol. The minimum absolute atomic E-state index is 0.0289. The normalized spacial score (nSPS) is 15.2. The summed E-state index contributed by atoms with van der Waals surface area (Å²) in [6.45, 7) is 0.147. The minimum atomic E-state index is -0.572. The largest absolute Gasteiger partial charge is 0.494 e. The van der Waals surface area contributed by atoms with Crippen molar-refractivity contribution in [1.82, 2.24) is 0 Å². The summed E-state index contributed by atoms with van der Waals surface area (Å²) in [5.41, 5.74) is 0.835. The Morgan fingerprint density at radius 1 is 1.06 bits per heavy atom. The number of nitrogens with one attached hydrogen (secondary N) is 1. The SMILES string of the molecule is COc1cc([N+](=O)[O-])ccc1N1C[C@@H](C(=O)Nc2ccc(Oc3ccccc3)cc2)CC1=O. The molecule has 1 atom stereocenters. The molecular formula is C24H21N3O6. The predicted octanol–water partition coefficient (Wildman–Crippen LogP) is 4.39. The van der Waals surface area contributed by atoms with Crippen LogP contribution in [0.5, 0.6) is 17.2 Å². The van der Waals surface area contributed by atoms with Crippen molar-refractivity contribution in [2.24, 2.45) is 5.92 Å². The van der Waals surface area contributed by atoms with E-state index in [-0.39, 0.29) is 36.2 Å². The molecule has 1 aliphatic rings. The Kier molecular flexibility index (Phi) is 6.21. The zero-order valence-corrected chi connectivity index (χ0v) is 17.8. The fourth-order valence-corrected chi connectivity index (χ4v) is 3.59. The van der Waals surface area contributed by atoms with E-state index in [0.29, 0.717) is 22.9 Å². The molecule has 3 aromatic carbocycles. The third kappa shape index (κ3) is 4.93. The van der Waals surface area contributed by atoms with Crippen LogP contribution in [0.25, 0.3) is 0 Å². The van der Waals surface area contributed by atoms with Gasteiger partial charge < -0.3 is 19.7 Å². The fourth-order valence-electron chi connectivity index (χ4n) is 3.59. The smallest absolute Gasteiger partial charge is 0.273 e. The lowest BCUT2D eigenvalue weighted by molar-refractivity contribution is -0.384. The highest BCUT2D eigenvalue weighted by Gasteiger charge is 2.36. The molecule has 0 aromatic heterocycles. The van der Waals surface area contributed by atoms with Gasteiger partial charge in [-0.1, -0.05) is 18.2 Å². The minimum Gasteiger partial charge on any atom is -0.494 e. The number of hydrogen-bond donors (Lipinski definition) is 1. The Hall–Kier alpha value is -4.40. The number of para-hydroxylation sites is 1. The molecule has 3 aromatic rings.